The van der Waals surface area contributed by atoms with Crippen LogP contribution in [0.3, 0.4) is 0 Å². The number of benzene rings is 2. The smallest absolute Gasteiger partial charge is 0.418 e. The van der Waals surface area contributed by atoms with Gasteiger partial charge in [0.1, 0.15) is 34.7 Å². The molecule has 2 saturated heterocycles. The van der Waals surface area contributed by atoms with Crippen LogP contribution in [0.25, 0.3) is 0 Å². The van der Waals surface area contributed by atoms with Crippen LogP contribution in [0.2, 0.25) is 5.02 Å². The van der Waals surface area contributed by atoms with E-state index in [9.17, 15) is 61.4 Å². The van der Waals surface area contributed by atoms with Crippen molar-refractivity contribution in [2.75, 3.05) is 57.6 Å². The SMILES string of the molecule is CCC.COc1cc2cc(c1Cl)N(C)C(=O)CCC1OC1CC1C[C@](O)(C/C=C/C=C(\C)C2)NC(=O)O1.C[C@@H](C(=O)O)N(C)C(=O)c1ccc(NC(=O)C(CCCNC(N)=O)NC(=O)CNC(=S)NCCCCN2C(=O)C=CC2=O)c(C(F)(F)F)c1. The Bertz CT molecular complexity index is 2900. The number of imide groups is 1. The topological polar surface area (TPSA) is 333 Å². The summed E-state index contributed by atoms with van der Waals surface area (Å²) in [6.07, 6.45) is 6.41. The number of primary amides is 1. The van der Waals surface area contributed by atoms with E-state index < -0.39 is 89.3 Å². The van der Waals surface area contributed by atoms with Crippen molar-refractivity contribution in [1.82, 2.24) is 36.4 Å². The molecule has 472 valence electrons. The first-order chi connectivity index (χ1) is 40.5. The summed E-state index contributed by atoms with van der Waals surface area (Å²) in [5.41, 5.74) is 3.69. The number of likely N-dealkylation sites (N-methyl/N-ethyl adjacent to an activating group) is 1. The molecule has 0 radical (unpaired) electrons. The van der Waals surface area contributed by atoms with E-state index in [-0.39, 0.29) is 73.8 Å². The molecule has 0 aliphatic carbocycles. The molecule has 29 heteroatoms. The van der Waals surface area contributed by atoms with E-state index in [4.69, 9.17) is 48.9 Å². The Hall–Kier alpha value is -7.82. The minimum atomic E-state index is -5.05. The highest BCUT2D eigenvalue weighted by atomic mass is 35.5. The van der Waals surface area contributed by atoms with Crippen LogP contribution < -0.4 is 47.3 Å². The lowest BCUT2D eigenvalue weighted by molar-refractivity contribution is -0.141. The highest BCUT2D eigenvalue weighted by molar-refractivity contribution is 7.80. The Balaban J connectivity index is 0.000000371. The molecule has 6 rings (SSSR count). The minimum Gasteiger partial charge on any atom is -0.495 e. The third-order valence-corrected chi connectivity index (χ3v) is 14.3. The number of nitrogens with two attached hydrogens (primary N) is 1. The number of thiocarbonyl (C=S) groups is 1. The molecule has 2 aromatic carbocycles. The second-order valence-electron chi connectivity index (χ2n) is 20.7. The average molecular weight is 1250 g/mol. The molecule has 86 heavy (non-hydrogen) atoms. The molecule has 4 aliphatic heterocycles. The number of carboxylic acids is 1. The number of carbonyl (C=O) groups is 9. The van der Waals surface area contributed by atoms with Crippen LogP contribution in [0, 0.1) is 0 Å². The molecular formula is C57H76ClF3N10O14S. The maximum atomic E-state index is 14.0. The Morgan fingerprint density at radius 2 is 1.69 bits per heavy atom. The number of unbranched alkanes of at least 4 members (excludes halogenated alkanes) is 1. The third-order valence-electron chi connectivity index (χ3n) is 13.6. The van der Waals surface area contributed by atoms with E-state index in [1.807, 2.05) is 37.3 Å². The quantitative estimate of drug-likeness (QED) is 0.0380. The predicted molar refractivity (Wildman–Crippen MR) is 316 cm³/mol. The number of alkyl halides is 3. The van der Waals surface area contributed by atoms with Crippen LogP contribution in [0.15, 0.2) is 66.3 Å². The van der Waals surface area contributed by atoms with Crippen LogP contribution >= 0.6 is 23.8 Å². The van der Waals surface area contributed by atoms with Gasteiger partial charge in [0.15, 0.2) is 5.11 Å². The second kappa shape index (κ2) is 33.2. The van der Waals surface area contributed by atoms with E-state index in [1.54, 1.807) is 19.1 Å². The molecule has 6 atom stereocenters. The van der Waals surface area contributed by atoms with Crippen molar-refractivity contribution in [1.29, 1.82) is 0 Å². The molecule has 9 amide bonds. The molecule has 0 saturated carbocycles. The number of hydrogen-bond acceptors (Lipinski definition) is 14. The maximum Gasteiger partial charge on any atom is 0.418 e. The van der Waals surface area contributed by atoms with Gasteiger partial charge in [0.05, 0.1) is 42.8 Å². The Kier molecular flexibility index (Phi) is 27.3. The number of carbonyl (C=O) groups excluding carboxylic acids is 8. The van der Waals surface area contributed by atoms with Gasteiger partial charge in [0.2, 0.25) is 17.7 Å². The first-order valence-corrected chi connectivity index (χ1v) is 28.5. The summed E-state index contributed by atoms with van der Waals surface area (Å²) in [5.74, 6) is -4.51. The molecule has 2 aromatic rings. The van der Waals surface area contributed by atoms with Crippen molar-refractivity contribution >= 4 is 93.8 Å². The van der Waals surface area contributed by atoms with Crippen molar-refractivity contribution in [2.24, 2.45) is 5.73 Å². The van der Waals surface area contributed by atoms with E-state index in [1.165, 1.54) is 25.5 Å². The summed E-state index contributed by atoms with van der Waals surface area (Å²) in [7, 11) is 4.38. The first kappa shape index (κ1) is 70.7. The number of carboxylic acid groups (broad SMARTS) is 1. The molecule has 4 unspecified atom stereocenters. The number of urea groups is 1. The number of methoxy groups -OCH3 is 1. The summed E-state index contributed by atoms with van der Waals surface area (Å²) in [6, 6.07) is 2.52. The lowest BCUT2D eigenvalue weighted by atomic mass is 9.96. The number of allylic oxidation sites excluding steroid dienone is 3. The Morgan fingerprint density at radius 3 is 2.33 bits per heavy atom. The van der Waals surface area contributed by atoms with E-state index in [0.29, 0.717) is 67.6 Å². The molecule has 4 heterocycles. The fourth-order valence-corrected chi connectivity index (χ4v) is 9.36. The number of hydrogen-bond donors (Lipinski definition) is 9. The lowest BCUT2D eigenvalue weighted by Crippen LogP contribution is -2.56. The summed E-state index contributed by atoms with van der Waals surface area (Å²) < 4.78 is 58.6. The zero-order valence-corrected chi connectivity index (χ0v) is 50.5. The van der Waals surface area contributed by atoms with Crippen molar-refractivity contribution in [3.05, 3.63) is 88.0 Å². The zero-order valence-electron chi connectivity index (χ0n) is 48.9. The maximum absolute atomic E-state index is 14.0. The molecule has 24 nitrogen and oxygen atoms in total. The van der Waals surface area contributed by atoms with Crippen molar-refractivity contribution in [2.45, 2.75) is 141 Å². The van der Waals surface area contributed by atoms with Crippen LogP contribution in [-0.2, 0) is 50.8 Å². The first-order valence-electron chi connectivity index (χ1n) is 27.7. The number of nitrogens with zero attached hydrogens (tertiary/aromatic N) is 3. The standard InChI is InChI=1S/C29H37F3N8O8S.C25H31ClN2O6.C3H8/c1-16(26(46)47)39(2)25(45)17-7-8-19(18(14-17)29(30,31)32)38-24(44)20(6-5-12-34-27(33)48)37-21(41)15-36-28(49)35-11-3-4-13-40-22(42)9-10-23(40)43;1-15-6-4-5-9-25(31)14-17(33-24(30)27-25)13-20-19(34-20)7-8-22(29)28(2)18-11-16(10-15)12-21(32-3)23(18)26;1-3-2/h7-10,14,16,20H,3-6,11-13,15H2,1-2H3,(H,37,41)(H,38,44)(H,46,47)(H3,33,34,48)(H2,35,36,49);4-6,11-12,17,19-20,31H,7-10,13-14H2,1-3H3,(H,27,30);3H2,1-2H3/b;5-4+,15-6+;/t16-,20?;17?,19?,20?,25-;/m01./s1. The summed E-state index contributed by atoms with van der Waals surface area (Å²) >= 11 is 11.7. The predicted octanol–water partition coefficient (Wildman–Crippen LogP) is 5.59. The van der Waals surface area contributed by atoms with Crippen LogP contribution in [0.4, 0.5) is 34.1 Å². The molecule has 4 bridgehead atoms. The number of aliphatic carboxylic acids is 1. The summed E-state index contributed by atoms with van der Waals surface area (Å²) in [4.78, 5) is 112. The van der Waals surface area contributed by atoms with Gasteiger partial charge in [-0.15, -0.1) is 0 Å². The van der Waals surface area contributed by atoms with Gasteiger partial charge in [-0.05, 0) is 100 Å². The van der Waals surface area contributed by atoms with E-state index in [0.717, 1.165) is 40.1 Å². The molecule has 0 aromatic heterocycles. The van der Waals surface area contributed by atoms with Gasteiger partial charge in [-0.2, -0.15) is 13.2 Å². The minimum absolute atomic E-state index is 0.00920. The van der Waals surface area contributed by atoms with Gasteiger partial charge in [0, 0.05) is 77.1 Å². The van der Waals surface area contributed by atoms with Crippen molar-refractivity contribution in [3.63, 3.8) is 0 Å². The number of fused-ring (bicyclic) bond motifs is 5. The number of nitrogens with one attached hydrogen (secondary N) is 6. The van der Waals surface area contributed by atoms with Gasteiger partial charge < -0.3 is 66.5 Å². The number of anilines is 2. The van der Waals surface area contributed by atoms with E-state index in [2.05, 4.69) is 45.7 Å². The fraction of sp³-hybridized carbons (Fsp3) is 0.509. The number of aliphatic hydroxyl groups is 1. The number of halogens is 4. The number of ether oxygens (including phenoxy) is 3. The normalized spacial score (nSPS) is 20.9. The van der Waals surface area contributed by atoms with E-state index >= 15 is 0 Å². The van der Waals surface area contributed by atoms with Crippen molar-refractivity contribution < 1.29 is 80.7 Å². The molecule has 4 aliphatic rings. The highest BCUT2D eigenvalue weighted by Crippen LogP contribution is 2.39. The van der Waals surface area contributed by atoms with Gasteiger partial charge in [0.25, 0.3) is 17.7 Å². The van der Waals surface area contributed by atoms with Gasteiger partial charge in [-0.3, -0.25) is 39.0 Å². The van der Waals surface area contributed by atoms with Gasteiger partial charge in [-0.1, -0.05) is 55.7 Å². The molecular weight excluding hydrogens is 1170 g/mol. The number of alkyl carbamates (subject to hydrolysis) is 1. The second-order valence-corrected chi connectivity index (χ2v) is 21.5. The van der Waals surface area contributed by atoms with Crippen LogP contribution in [-0.4, -0.2) is 162 Å². The molecule has 2 fully saturated rings. The summed E-state index contributed by atoms with van der Waals surface area (Å²) in [6.45, 7) is 7.56. The Labute approximate surface area is 506 Å². The molecule has 10 N–H and O–H groups in total. The van der Waals surface area contributed by atoms with Crippen LogP contribution in [0.1, 0.15) is 113 Å². The number of epoxide rings is 1. The molecule has 0 spiro atoms. The fourth-order valence-electron chi connectivity index (χ4n) is 8.87. The zero-order chi connectivity index (χ0) is 64.1. The number of rotatable bonds is 18. The summed E-state index contributed by atoms with van der Waals surface area (Å²) in [5, 5.41) is 35.3. The van der Waals surface area contributed by atoms with Gasteiger partial charge >= 0.3 is 24.3 Å². The monoisotopic (exact) mass is 1250 g/mol. The lowest BCUT2D eigenvalue weighted by Gasteiger charge is -2.36. The van der Waals surface area contributed by atoms with Crippen LogP contribution in [0.5, 0.6) is 5.75 Å². The average Bonchev–Trinajstić information content (AvgIpc) is 1.53. The third kappa shape index (κ3) is 22.2. The van der Waals surface area contributed by atoms with Gasteiger partial charge in [-0.25, -0.2) is 14.4 Å². The van der Waals surface area contributed by atoms with Crippen molar-refractivity contribution in [3.8, 4) is 5.75 Å². The largest absolute Gasteiger partial charge is 0.495 e. The number of amides is 9. The highest BCUT2D eigenvalue weighted by Gasteiger charge is 2.46. The Morgan fingerprint density at radius 1 is 1.01 bits per heavy atom.